The van der Waals surface area contributed by atoms with Gasteiger partial charge < -0.3 is 4.98 Å². The van der Waals surface area contributed by atoms with Gasteiger partial charge in [0.2, 0.25) is 0 Å². The molecule has 2 heterocycles. The fourth-order valence-corrected chi connectivity index (χ4v) is 3.41. The predicted octanol–water partition coefficient (Wildman–Crippen LogP) is 3.72. The van der Waals surface area contributed by atoms with E-state index in [1.807, 2.05) is 31.2 Å². The van der Waals surface area contributed by atoms with Gasteiger partial charge in [-0.05, 0) is 25.5 Å². The molecule has 0 aliphatic carbocycles. The zero-order chi connectivity index (χ0) is 19.8. The predicted molar refractivity (Wildman–Crippen MR) is 99.2 cm³/mol. The van der Waals surface area contributed by atoms with Gasteiger partial charge >= 0.3 is 0 Å². The largest absolute Gasteiger partial charge is 0.306 e. The summed E-state index contributed by atoms with van der Waals surface area (Å²) in [5.41, 5.74) is 2.50. The summed E-state index contributed by atoms with van der Waals surface area (Å²) in [5.74, 6) is -2.59. The molecular formula is C21H18F3N3O. The number of rotatable bonds is 3. The van der Waals surface area contributed by atoms with Gasteiger partial charge in [-0.25, -0.2) is 18.2 Å². The lowest BCUT2D eigenvalue weighted by Crippen LogP contribution is -2.35. The quantitative estimate of drug-likeness (QED) is 0.699. The van der Waals surface area contributed by atoms with E-state index >= 15 is 0 Å². The molecule has 2 aromatic carbocycles. The Morgan fingerprint density at radius 3 is 2.54 bits per heavy atom. The number of benzene rings is 2. The van der Waals surface area contributed by atoms with E-state index in [1.54, 1.807) is 4.90 Å². The maximum absolute atomic E-state index is 14.0. The van der Waals surface area contributed by atoms with Crippen LogP contribution >= 0.6 is 0 Å². The SMILES string of the molecule is Cc1ccc(-c2nc3c(c(=O)[nH]2)CCN(Cc2c(F)ccc(F)c2F)C3)cc1. The second-order valence-corrected chi connectivity index (χ2v) is 6.99. The number of fused-ring (bicyclic) bond motifs is 1. The number of hydrogen-bond donors (Lipinski definition) is 1. The average molecular weight is 385 g/mol. The van der Waals surface area contributed by atoms with Crippen LogP contribution in [-0.4, -0.2) is 21.4 Å². The van der Waals surface area contributed by atoms with Gasteiger partial charge in [-0.2, -0.15) is 0 Å². The average Bonchev–Trinajstić information content (AvgIpc) is 2.68. The molecule has 3 aromatic rings. The highest BCUT2D eigenvalue weighted by Gasteiger charge is 2.24. The Kier molecular flexibility index (Phi) is 4.77. The second kappa shape index (κ2) is 7.24. The molecule has 4 nitrogen and oxygen atoms in total. The normalized spacial score (nSPS) is 14.1. The standard InChI is InChI=1S/C21H18F3N3O/c1-12-2-4-13(5-3-12)20-25-18-11-27(9-8-14(18)21(28)26-20)10-15-16(22)6-7-17(23)19(15)24/h2-7H,8-11H2,1H3,(H,25,26,28). The highest BCUT2D eigenvalue weighted by molar-refractivity contribution is 5.55. The first-order chi connectivity index (χ1) is 13.4. The van der Waals surface area contributed by atoms with E-state index < -0.39 is 17.5 Å². The number of H-pyrrole nitrogens is 1. The van der Waals surface area contributed by atoms with Crippen LogP contribution in [0.25, 0.3) is 11.4 Å². The fraction of sp³-hybridized carbons (Fsp3) is 0.238. The minimum absolute atomic E-state index is 0.0940. The van der Waals surface area contributed by atoms with Crippen LogP contribution < -0.4 is 5.56 Å². The number of aromatic nitrogens is 2. The summed E-state index contributed by atoms with van der Waals surface area (Å²) >= 11 is 0. The third-order valence-corrected chi connectivity index (χ3v) is 5.00. The summed E-state index contributed by atoms with van der Waals surface area (Å²) in [6, 6.07) is 9.29. The van der Waals surface area contributed by atoms with Gasteiger partial charge in [-0.3, -0.25) is 9.69 Å². The molecular weight excluding hydrogens is 367 g/mol. The molecule has 1 aliphatic rings. The van der Waals surface area contributed by atoms with Crippen molar-refractivity contribution in [2.24, 2.45) is 0 Å². The van der Waals surface area contributed by atoms with Crippen molar-refractivity contribution in [2.75, 3.05) is 6.54 Å². The van der Waals surface area contributed by atoms with E-state index in [0.29, 0.717) is 30.0 Å². The maximum atomic E-state index is 14.0. The van der Waals surface area contributed by atoms with Gasteiger partial charge in [-0.15, -0.1) is 0 Å². The van der Waals surface area contributed by atoms with Gasteiger partial charge in [0, 0.05) is 36.3 Å². The molecule has 1 aliphatic heterocycles. The first kappa shape index (κ1) is 18.4. The maximum Gasteiger partial charge on any atom is 0.254 e. The lowest BCUT2D eigenvalue weighted by molar-refractivity contribution is 0.232. The summed E-state index contributed by atoms with van der Waals surface area (Å²) < 4.78 is 41.4. The molecule has 1 N–H and O–H groups in total. The third-order valence-electron chi connectivity index (χ3n) is 5.00. The third kappa shape index (κ3) is 3.45. The van der Waals surface area contributed by atoms with Crippen LogP contribution in [0.3, 0.4) is 0 Å². The zero-order valence-electron chi connectivity index (χ0n) is 15.2. The van der Waals surface area contributed by atoms with Crippen LogP contribution in [-0.2, 0) is 19.5 Å². The minimum atomic E-state index is -1.18. The molecule has 0 radical (unpaired) electrons. The number of aryl methyl sites for hydroxylation is 1. The van der Waals surface area contributed by atoms with Crippen molar-refractivity contribution in [3.63, 3.8) is 0 Å². The second-order valence-electron chi connectivity index (χ2n) is 6.99. The Labute approximate surface area is 159 Å². The summed E-state index contributed by atoms with van der Waals surface area (Å²) in [7, 11) is 0. The number of halogens is 3. The molecule has 4 rings (SSSR count). The highest BCUT2D eigenvalue weighted by Crippen LogP contribution is 2.23. The number of hydrogen-bond acceptors (Lipinski definition) is 3. The number of nitrogens with one attached hydrogen (secondary N) is 1. The summed E-state index contributed by atoms with van der Waals surface area (Å²) in [6.45, 7) is 2.56. The van der Waals surface area contributed by atoms with Gasteiger partial charge in [0.1, 0.15) is 11.6 Å². The van der Waals surface area contributed by atoms with Crippen molar-refractivity contribution in [1.82, 2.24) is 14.9 Å². The lowest BCUT2D eigenvalue weighted by atomic mass is 10.0. The number of nitrogens with zero attached hydrogens (tertiary/aromatic N) is 2. The van der Waals surface area contributed by atoms with Crippen molar-refractivity contribution in [3.8, 4) is 11.4 Å². The molecule has 0 spiro atoms. The molecule has 0 fully saturated rings. The van der Waals surface area contributed by atoms with Crippen LogP contribution in [0.2, 0.25) is 0 Å². The molecule has 7 heteroatoms. The molecule has 144 valence electrons. The molecule has 28 heavy (non-hydrogen) atoms. The summed E-state index contributed by atoms with van der Waals surface area (Å²) in [5, 5.41) is 0. The van der Waals surface area contributed by atoms with Crippen LogP contribution in [0.15, 0.2) is 41.2 Å². The van der Waals surface area contributed by atoms with Crippen LogP contribution in [0.1, 0.15) is 22.4 Å². The smallest absolute Gasteiger partial charge is 0.254 e. The van der Waals surface area contributed by atoms with E-state index in [4.69, 9.17) is 0 Å². The van der Waals surface area contributed by atoms with E-state index in [9.17, 15) is 18.0 Å². The minimum Gasteiger partial charge on any atom is -0.306 e. The topological polar surface area (TPSA) is 49.0 Å². The fourth-order valence-electron chi connectivity index (χ4n) is 3.41. The molecule has 0 unspecified atom stereocenters. The Morgan fingerprint density at radius 2 is 1.79 bits per heavy atom. The van der Waals surface area contributed by atoms with E-state index in [0.717, 1.165) is 23.3 Å². The Balaban J connectivity index is 1.64. The molecule has 0 saturated heterocycles. The van der Waals surface area contributed by atoms with Crippen LogP contribution in [0.4, 0.5) is 13.2 Å². The molecule has 0 bridgehead atoms. The van der Waals surface area contributed by atoms with E-state index in [2.05, 4.69) is 9.97 Å². The molecule has 1 aromatic heterocycles. The molecule has 0 saturated carbocycles. The molecule has 0 amide bonds. The Hall–Kier alpha value is -2.93. The van der Waals surface area contributed by atoms with Gasteiger partial charge in [0.25, 0.3) is 5.56 Å². The van der Waals surface area contributed by atoms with Crippen molar-refractivity contribution >= 4 is 0 Å². The highest BCUT2D eigenvalue weighted by atomic mass is 19.2. The van der Waals surface area contributed by atoms with Crippen molar-refractivity contribution in [2.45, 2.75) is 26.4 Å². The first-order valence-corrected chi connectivity index (χ1v) is 8.96. The Morgan fingerprint density at radius 1 is 1.07 bits per heavy atom. The molecule has 0 atom stereocenters. The van der Waals surface area contributed by atoms with E-state index in [1.165, 1.54) is 0 Å². The monoisotopic (exact) mass is 385 g/mol. The zero-order valence-corrected chi connectivity index (χ0v) is 15.2. The first-order valence-electron chi connectivity index (χ1n) is 8.96. The van der Waals surface area contributed by atoms with Gasteiger partial charge in [0.05, 0.1) is 5.69 Å². The Bertz CT molecular complexity index is 1090. The number of aromatic amines is 1. The van der Waals surface area contributed by atoms with Crippen molar-refractivity contribution in [3.05, 3.63) is 86.6 Å². The summed E-state index contributed by atoms with van der Waals surface area (Å²) in [6.07, 6.45) is 0.407. The van der Waals surface area contributed by atoms with Crippen molar-refractivity contribution in [1.29, 1.82) is 0 Å². The van der Waals surface area contributed by atoms with E-state index in [-0.39, 0.29) is 24.2 Å². The van der Waals surface area contributed by atoms with Crippen LogP contribution in [0, 0.1) is 24.4 Å². The van der Waals surface area contributed by atoms with Gasteiger partial charge in [-0.1, -0.05) is 29.8 Å². The summed E-state index contributed by atoms with van der Waals surface area (Å²) in [4.78, 5) is 21.6. The van der Waals surface area contributed by atoms with Crippen molar-refractivity contribution < 1.29 is 13.2 Å². The van der Waals surface area contributed by atoms with Gasteiger partial charge in [0.15, 0.2) is 11.6 Å². The van der Waals surface area contributed by atoms with Crippen LogP contribution in [0.5, 0.6) is 0 Å². The lowest BCUT2D eigenvalue weighted by Gasteiger charge is -2.28.